The monoisotopic (exact) mass is 357 g/mol. The van der Waals surface area contributed by atoms with Gasteiger partial charge in [0.15, 0.2) is 5.56 Å². The molecule has 1 N–H and O–H groups in total. The second-order valence-corrected chi connectivity index (χ2v) is 5.81. The number of nitrogens with zero attached hydrogens (tertiary/aromatic N) is 1. The minimum Gasteiger partial charge on any atom is -0.478 e. The van der Waals surface area contributed by atoms with E-state index in [1.807, 2.05) is 44.2 Å². The first-order valence-electron chi connectivity index (χ1n) is 8.13. The van der Waals surface area contributed by atoms with Gasteiger partial charge in [0.05, 0.1) is 10.5 Å². The second-order valence-electron chi connectivity index (χ2n) is 5.81. The van der Waals surface area contributed by atoms with Crippen LogP contribution in [-0.2, 0) is 4.74 Å². The molecule has 0 spiro atoms. The second kappa shape index (κ2) is 8.24. The Bertz CT molecular complexity index is 786. The van der Waals surface area contributed by atoms with Crippen LogP contribution in [-0.4, -0.2) is 28.1 Å². The van der Waals surface area contributed by atoms with Crippen LogP contribution in [0.25, 0.3) is 0 Å². The summed E-state index contributed by atoms with van der Waals surface area (Å²) in [6.07, 6.45) is -0.0727. The molecule has 0 bridgehead atoms. The molecule has 2 rings (SSSR count). The number of benzene rings is 2. The number of aromatic carboxylic acids is 1. The Labute approximate surface area is 150 Å². The molecule has 2 aromatic carbocycles. The van der Waals surface area contributed by atoms with Gasteiger partial charge in [0.1, 0.15) is 6.10 Å². The zero-order valence-corrected chi connectivity index (χ0v) is 14.4. The van der Waals surface area contributed by atoms with Crippen LogP contribution < -0.4 is 0 Å². The highest BCUT2D eigenvalue weighted by atomic mass is 16.6. The number of nitro benzene ring substituents is 1. The van der Waals surface area contributed by atoms with Crippen LogP contribution in [0.4, 0.5) is 5.69 Å². The summed E-state index contributed by atoms with van der Waals surface area (Å²) in [6, 6.07) is 12.9. The summed E-state index contributed by atoms with van der Waals surface area (Å²) >= 11 is 0. The Morgan fingerprint density at radius 1 is 1.15 bits per heavy atom. The van der Waals surface area contributed by atoms with E-state index in [1.54, 1.807) is 0 Å². The van der Waals surface area contributed by atoms with Gasteiger partial charge in [-0.05, 0) is 18.1 Å². The van der Waals surface area contributed by atoms with Crippen molar-refractivity contribution in [1.29, 1.82) is 0 Å². The summed E-state index contributed by atoms with van der Waals surface area (Å²) in [5, 5.41) is 20.5. The Hall–Kier alpha value is -3.22. The third-order valence-electron chi connectivity index (χ3n) is 4.22. The maximum atomic E-state index is 12.6. The minimum absolute atomic E-state index is 0.152. The lowest BCUT2D eigenvalue weighted by Crippen LogP contribution is -2.25. The highest BCUT2D eigenvalue weighted by molar-refractivity contribution is 6.05. The number of hydrogen-bond donors (Lipinski definition) is 1. The molecule has 0 heterocycles. The van der Waals surface area contributed by atoms with Crippen molar-refractivity contribution in [3.63, 3.8) is 0 Å². The van der Waals surface area contributed by atoms with Crippen LogP contribution in [0.15, 0.2) is 48.5 Å². The number of esters is 1. The lowest BCUT2D eigenvalue weighted by Gasteiger charge is -2.23. The van der Waals surface area contributed by atoms with E-state index in [2.05, 4.69) is 0 Å². The maximum absolute atomic E-state index is 12.6. The fourth-order valence-electron chi connectivity index (χ4n) is 2.79. The Kier molecular flexibility index (Phi) is 6.06. The molecule has 0 saturated heterocycles. The molecule has 0 aliphatic rings. The van der Waals surface area contributed by atoms with E-state index in [4.69, 9.17) is 4.74 Å². The van der Waals surface area contributed by atoms with Crippen molar-refractivity contribution in [3.8, 4) is 0 Å². The molecule has 0 aliphatic carbocycles. The highest BCUT2D eigenvalue weighted by Crippen LogP contribution is 2.28. The van der Waals surface area contributed by atoms with Gasteiger partial charge >= 0.3 is 11.9 Å². The molecular weight excluding hydrogens is 338 g/mol. The molecule has 0 unspecified atom stereocenters. The number of hydrogen-bond acceptors (Lipinski definition) is 5. The molecule has 0 aliphatic heterocycles. The van der Waals surface area contributed by atoms with Gasteiger partial charge in [0, 0.05) is 12.0 Å². The predicted octanol–water partition coefficient (Wildman–Crippen LogP) is 4.03. The number of ether oxygens (including phenoxy) is 1. The summed E-state index contributed by atoms with van der Waals surface area (Å²) in [7, 11) is 0. The first kappa shape index (κ1) is 19.1. The molecule has 2 aromatic rings. The van der Waals surface area contributed by atoms with Gasteiger partial charge in [-0.25, -0.2) is 9.59 Å². The van der Waals surface area contributed by atoms with Crippen LogP contribution >= 0.6 is 0 Å². The topological polar surface area (TPSA) is 107 Å². The number of carboxylic acid groups (broad SMARTS) is 1. The first-order valence-corrected chi connectivity index (χ1v) is 8.13. The molecule has 7 nitrogen and oxygen atoms in total. The predicted molar refractivity (Wildman–Crippen MR) is 94.4 cm³/mol. The lowest BCUT2D eigenvalue weighted by molar-refractivity contribution is -0.385. The fourth-order valence-corrected chi connectivity index (χ4v) is 2.79. The van der Waals surface area contributed by atoms with Crippen molar-refractivity contribution in [2.75, 3.05) is 0 Å². The van der Waals surface area contributed by atoms with Crippen molar-refractivity contribution < 1.29 is 24.4 Å². The molecule has 26 heavy (non-hydrogen) atoms. The third kappa shape index (κ3) is 4.05. The third-order valence-corrected chi connectivity index (χ3v) is 4.22. The first-order chi connectivity index (χ1) is 12.4. The summed E-state index contributed by atoms with van der Waals surface area (Å²) in [5.74, 6) is -2.59. The Morgan fingerprint density at radius 3 is 2.35 bits per heavy atom. The van der Waals surface area contributed by atoms with Gasteiger partial charge in [-0.15, -0.1) is 0 Å². The molecule has 136 valence electrons. The van der Waals surface area contributed by atoms with E-state index >= 15 is 0 Å². The average molecular weight is 357 g/mol. The van der Waals surface area contributed by atoms with E-state index in [0.717, 1.165) is 17.7 Å². The summed E-state index contributed by atoms with van der Waals surface area (Å²) in [4.78, 5) is 34.4. The van der Waals surface area contributed by atoms with Gasteiger partial charge in [-0.2, -0.15) is 0 Å². The number of nitro groups is 1. The number of carbonyl (C=O) groups excluding carboxylic acids is 1. The average Bonchev–Trinajstić information content (AvgIpc) is 2.65. The SMILES string of the molecule is CC[C@H](OC(=O)c1c(C(=O)O)cccc1[N+](=O)[O-])[C@H](C)c1ccccc1. The van der Waals surface area contributed by atoms with E-state index in [0.29, 0.717) is 6.42 Å². The molecular formula is C19H19NO6. The minimum atomic E-state index is -1.43. The van der Waals surface area contributed by atoms with Crippen molar-refractivity contribution in [2.45, 2.75) is 32.3 Å². The normalized spacial score (nSPS) is 12.8. The highest BCUT2D eigenvalue weighted by Gasteiger charge is 2.31. The molecule has 2 atom stereocenters. The van der Waals surface area contributed by atoms with Gasteiger partial charge in [-0.3, -0.25) is 10.1 Å². The van der Waals surface area contributed by atoms with Crippen LogP contribution in [0.3, 0.4) is 0 Å². The molecule has 0 aromatic heterocycles. The van der Waals surface area contributed by atoms with Gasteiger partial charge in [0.2, 0.25) is 0 Å². The van der Waals surface area contributed by atoms with Crippen LogP contribution in [0, 0.1) is 10.1 Å². The van der Waals surface area contributed by atoms with E-state index in [9.17, 15) is 24.8 Å². The number of carbonyl (C=O) groups is 2. The molecule has 0 radical (unpaired) electrons. The van der Waals surface area contributed by atoms with Gasteiger partial charge < -0.3 is 9.84 Å². The zero-order valence-electron chi connectivity index (χ0n) is 14.4. The van der Waals surface area contributed by atoms with Crippen molar-refractivity contribution in [1.82, 2.24) is 0 Å². The Balaban J connectivity index is 2.36. The number of rotatable bonds is 7. The quantitative estimate of drug-likeness (QED) is 0.455. The van der Waals surface area contributed by atoms with E-state index in [-0.39, 0.29) is 5.92 Å². The van der Waals surface area contributed by atoms with E-state index in [1.165, 1.54) is 6.07 Å². The van der Waals surface area contributed by atoms with Crippen molar-refractivity contribution in [2.24, 2.45) is 0 Å². The summed E-state index contributed by atoms with van der Waals surface area (Å²) in [6.45, 7) is 3.71. The Morgan fingerprint density at radius 2 is 1.81 bits per heavy atom. The maximum Gasteiger partial charge on any atom is 0.346 e. The van der Waals surface area contributed by atoms with Crippen molar-refractivity contribution >= 4 is 17.6 Å². The van der Waals surface area contributed by atoms with Crippen LogP contribution in [0.2, 0.25) is 0 Å². The standard InChI is InChI=1S/C19H19NO6/c1-3-16(12(2)13-8-5-4-6-9-13)26-19(23)17-14(18(21)22)10-7-11-15(17)20(24)25/h4-12,16H,3H2,1-2H3,(H,21,22)/t12-,16+/m1/s1. The molecule has 7 heteroatoms. The van der Waals surface area contributed by atoms with Crippen LogP contribution in [0.1, 0.15) is 52.5 Å². The fraction of sp³-hybridized carbons (Fsp3) is 0.263. The largest absolute Gasteiger partial charge is 0.478 e. The zero-order chi connectivity index (χ0) is 19.3. The van der Waals surface area contributed by atoms with Gasteiger partial charge in [-0.1, -0.05) is 50.2 Å². The number of carboxylic acids is 1. The smallest absolute Gasteiger partial charge is 0.346 e. The molecule has 0 amide bonds. The van der Waals surface area contributed by atoms with E-state index < -0.39 is 39.8 Å². The van der Waals surface area contributed by atoms with Gasteiger partial charge in [0.25, 0.3) is 5.69 Å². The molecule has 0 fully saturated rings. The van der Waals surface area contributed by atoms with Crippen LogP contribution in [0.5, 0.6) is 0 Å². The molecule has 0 saturated carbocycles. The van der Waals surface area contributed by atoms with Crippen molar-refractivity contribution in [3.05, 3.63) is 75.3 Å². The lowest BCUT2D eigenvalue weighted by atomic mass is 9.93. The summed E-state index contributed by atoms with van der Waals surface area (Å²) in [5.41, 5.74) is -0.625. The summed E-state index contributed by atoms with van der Waals surface area (Å²) < 4.78 is 5.48.